The minimum atomic E-state index is -0.518. The predicted molar refractivity (Wildman–Crippen MR) is 71.4 cm³/mol. The molecule has 0 saturated heterocycles. The van der Waals surface area contributed by atoms with Gasteiger partial charge in [0.2, 0.25) is 11.7 Å². The number of rotatable bonds is 3. The highest BCUT2D eigenvalue weighted by Crippen LogP contribution is 2.23. The van der Waals surface area contributed by atoms with Crippen molar-refractivity contribution in [1.29, 1.82) is 0 Å². The Morgan fingerprint density at radius 3 is 2.74 bits per heavy atom. The average molecular weight is 261 g/mol. The van der Waals surface area contributed by atoms with E-state index in [1.165, 1.54) is 0 Å². The summed E-state index contributed by atoms with van der Waals surface area (Å²) in [5.41, 5.74) is 1.68. The summed E-state index contributed by atoms with van der Waals surface area (Å²) in [6, 6.07) is 1.90. The van der Waals surface area contributed by atoms with E-state index >= 15 is 0 Å². The van der Waals surface area contributed by atoms with Gasteiger partial charge in [-0.3, -0.25) is 4.98 Å². The Morgan fingerprint density at radius 1 is 1.37 bits per heavy atom. The van der Waals surface area contributed by atoms with Crippen LogP contribution in [0.3, 0.4) is 0 Å². The topological polar surface area (TPSA) is 72.0 Å². The average Bonchev–Trinajstić information content (AvgIpc) is 2.76. The summed E-state index contributed by atoms with van der Waals surface area (Å²) < 4.78 is 5.19. The molecule has 2 aromatic heterocycles. The standard InChI is InChI=1S/C14H19N3O2/c1-9-5-6-15-8-10(9)13-16-12(19-17-13)7-11(18)14(2,3)4/h5-6,8,11,18H,7H2,1-4H3. The third-order valence-electron chi connectivity index (χ3n) is 3.12. The zero-order valence-electron chi connectivity index (χ0n) is 11.7. The van der Waals surface area contributed by atoms with Gasteiger partial charge in [-0.05, 0) is 24.0 Å². The zero-order valence-corrected chi connectivity index (χ0v) is 11.7. The molecule has 0 saturated carbocycles. The van der Waals surface area contributed by atoms with Gasteiger partial charge in [0.15, 0.2) is 0 Å². The Labute approximate surface area is 112 Å². The van der Waals surface area contributed by atoms with E-state index in [4.69, 9.17) is 4.52 Å². The fourth-order valence-corrected chi connectivity index (χ4v) is 1.62. The molecule has 1 atom stereocenters. The number of aliphatic hydroxyl groups excluding tert-OH is 1. The van der Waals surface area contributed by atoms with Gasteiger partial charge in [0.1, 0.15) is 0 Å². The predicted octanol–water partition coefficient (Wildman–Crippen LogP) is 2.39. The molecule has 2 rings (SSSR count). The van der Waals surface area contributed by atoms with Gasteiger partial charge in [-0.2, -0.15) is 4.98 Å². The normalized spacial score (nSPS) is 13.5. The Kier molecular flexibility index (Phi) is 3.66. The molecular formula is C14H19N3O2. The Hall–Kier alpha value is -1.75. The first-order valence-electron chi connectivity index (χ1n) is 6.29. The van der Waals surface area contributed by atoms with Crippen molar-refractivity contribution in [1.82, 2.24) is 15.1 Å². The number of hydrogen-bond donors (Lipinski definition) is 1. The fourth-order valence-electron chi connectivity index (χ4n) is 1.62. The lowest BCUT2D eigenvalue weighted by Crippen LogP contribution is -2.28. The van der Waals surface area contributed by atoms with E-state index in [0.717, 1.165) is 11.1 Å². The summed E-state index contributed by atoms with van der Waals surface area (Å²) in [6.45, 7) is 7.89. The summed E-state index contributed by atoms with van der Waals surface area (Å²) in [6.07, 6.45) is 3.28. The van der Waals surface area contributed by atoms with Crippen LogP contribution in [-0.4, -0.2) is 26.3 Å². The molecule has 0 amide bonds. The highest BCUT2D eigenvalue weighted by molar-refractivity contribution is 5.57. The Morgan fingerprint density at radius 2 is 2.11 bits per heavy atom. The van der Waals surface area contributed by atoms with E-state index in [1.807, 2.05) is 33.8 Å². The molecule has 2 aromatic rings. The molecule has 1 N–H and O–H groups in total. The van der Waals surface area contributed by atoms with Gasteiger partial charge in [-0.1, -0.05) is 25.9 Å². The van der Waals surface area contributed by atoms with Crippen LogP contribution in [-0.2, 0) is 6.42 Å². The highest BCUT2D eigenvalue weighted by atomic mass is 16.5. The highest BCUT2D eigenvalue weighted by Gasteiger charge is 2.25. The number of nitrogens with zero attached hydrogens (tertiary/aromatic N) is 3. The van der Waals surface area contributed by atoms with Gasteiger partial charge >= 0.3 is 0 Å². The second-order valence-corrected chi connectivity index (χ2v) is 5.79. The van der Waals surface area contributed by atoms with E-state index in [0.29, 0.717) is 18.1 Å². The monoisotopic (exact) mass is 261 g/mol. The van der Waals surface area contributed by atoms with Crippen molar-refractivity contribution in [3.8, 4) is 11.4 Å². The van der Waals surface area contributed by atoms with Crippen molar-refractivity contribution in [2.45, 2.75) is 40.2 Å². The first-order chi connectivity index (χ1) is 8.88. The number of aryl methyl sites for hydroxylation is 1. The minimum Gasteiger partial charge on any atom is -0.392 e. The van der Waals surface area contributed by atoms with Crippen molar-refractivity contribution in [2.24, 2.45) is 5.41 Å². The molecule has 0 aliphatic heterocycles. The number of pyridine rings is 1. The van der Waals surface area contributed by atoms with Gasteiger partial charge in [0.25, 0.3) is 0 Å². The lowest BCUT2D eigenvalue weighted by atomic mass is 9.87. The quantitative estimate of drug-likeness (QED) is 0.918. The summed E-state index contributed by atoms with van der Waals surface area (Å²) in [7, 11) is 0. The molecule has 5 nitrogen and oxygen atoms in total. The van der Waals surface area contributed by atoms with E-state index in [-0.39, 0.29) is 5.41 Å². The molecule has 19 heavy (non-hydrogen) atoms. The number of aromatic nitrogens is 3. The van der Waals surface area contributed by atoms with Crippen LogP contribution >= 0.6 is 0 Å². The summed E-state index contributed by atoms with van der Waals surface area (Å²) >= 11 is 0. The maximum Gasteiger partial charge on any atom is 0.229 e. The number of hydrogen-bond acceptors (Lipinski definition) is 5. The van der Waals surface area contributed by atoms with Gasteiger partial charge in [0, 0.05) is 18.0 Å². The van der Waals surface area contributed by atoms with Crippen LogP contribution in [0.2, 0.25) is 0 Å². The van der Waals surface area contributed by atoms with Crippen molar-refractivity contribution in [2.75, 3.05) is 0 Å². The molecule has 0 fully saturated rings. The summed E-state index contributed by atoms with van der Waals surface area (Å²) in [5.74, 6) is 0.961. The minimum absolute atomic E-state index is 0.209. The van der Waals surface area contributed by atoms with Crippen molar-refractivity contribution in [3.05, 3.63) is 29.9 Å². The van der Waals surface area contributed by atoms with Crippen LogP contribution in [0.4, 0.5) is 0 Å². The molecule has 0 aromatic carbocycles. The third-order valence-corrected chi connectivity index (χ3v) is 3.12. The molecular weight excluding hydrogens is 242 g/mol. The molecule has 0 aliphatic rings. The number of aliphatic hydroxyl groups is 1. The molecule has 0 aliphatic carbocycles. The van der Waals surface area contributed by atoms with Gasteiger partial charge in [0.05, 0.1) is 12.5 Å². The molecule has 0 bridgehead atoms. The second kappa shape index (κ2) is 5.09. The molecule has 102 valence electrons. The van der Waals surface area contributed by atoms with Crippen molar-refractivity contribution in [3.63, 3.8) is 0 Å². The lowest BCUT2D eigenvalue weighted by Gasteiger charge is -2.24. The van der Waals surface area contributed by atoms with E-state index in [9.17, 15) is 5.11 Å². The van der Waals surface area contributed by atoms with E-state index in [2.05, 4.69) is 15.1 Å². The molecule has 0 radical (unpaired) electrons. The van der Waals surface area contributed by atoms with Crippen LogP contribution in [0.5, 0.6) is 0 Å². The van der Waals surface area contributed by atoms with Gasteiger partial charge in [-0.25, -0.2) is 0 Å². The zero-order chi connectivity index (χ0) is 14.0. The first kappa shape index (κ1) is 13.7. The maximum atomic E-state index is 10.0. The van der Waals surface area contributed by atoms with Crippen LogP contribution in [0.1, 0.15) is 32.2 Å². The lowest BCUT2D eigenvalue weighted by molar-refractivity contribution is 0.0565. The Balaban J connectivity index is 2.19. The fraction of sp³-hybridized carbons (Fsp3) is 0.500. The van der Waals surface area contributed by atoms with Crippen molar-refractivity contribution < 1.29 is 9.63 Å². The van der Waals surface area contributed by atoms with Crippen LogP contribution in [0.25, 0.3) is 11.4 Å². The van der Waals surface area contributed by atoms with E-state index < -0.39 is 6.10 Å². The maximum absolute atomic E-state index is 10.0. The van der Waals surface area contributed by atoms with Gasteiger partial charge < -0.3 is 9.63 Å². The summed E-state index contributed by atoms with van der Waals surface area (Å²) in [4.78, 5) is 8.38. The van der Waals surface area contributed by atoms with Gasteiger partial charge in [-0.15, -0.1) is 0 Å². The molecule has 5 heteroatoms. The van der Waals surface area contributed by atoms with Crippen LogP contribution in [0, 0.1) is 12.3 Å². The SMILES string of the molecule is Cc1ccncc1-c1noc(CC(O)C(C)(C)C)n1. The third kappa shape index (κ3) is 3.17. The van der Waals surface area contributed by atoms with Crippen molar-refractivity contribution >= 4 is 0 Å². The van der Waals surface area contributed by atoms with E-state index in [1.54, 1.807) is 12.4 Å². The second-order valence-electron chi connectivity index (χ2n) is 5.79. The van der Waals surface area contributed by atoms with Crippen LogP contribution < -0.4 is 0 Å². The van der Waals surface area contributed by atoms with Crippen LogP contribution in [0.15, 0.2) is 23.0 Å². The molecule has 0 spiro atoms. The smallest absolute Gasteiger partial charge is 0.229 e. The largest absolute Gasteiger partial charge is 0.392 e. The Bertz CT molecular complexity index is 558. The summed E-state index contributed by atoms with van der Waals surface area (Å²) in [5, 5.41) is 14.0. The first-order valence-corrected chi connectivity index (χ1v) is 6.29. The molecule has 2 heterocycles. The molecule has 1 unspecified atom stereocenters.